The second-order valence-corrected chi connectivity index (χ2v) is 10.3. The lowest BCUT2D eigenvalue weighted by atomic mass is 10.0. The minimum absolute atomic E-state index is 0.0140. The second-order valence-electron chi connectivity index (χ2n) is 6.48. The van der Waals surface area contributed by atoms with Crippen LogP contribution in [-0.2, 0) is 15.6 Å². The first-order valence-electron chi connectivity index (χ1n) is 8.88. The van der Waals surface area contributed by atoms with Crippen LogP contribution >= 0.6 is 23.1 Å². The van der Waals surface area contributed by atoms with Gasteiger partial charge < -0.3 is 5.32 Å². The van der Waals surface area contributed by atoms with Crippen molar-refractivity contribution in [2.45, 2.75) is 15.5 Å². The number of nitrogens with one attached hydrogen (secondary N) is 1. The van der Waals surface area contributed by atoms with E-state index in [1.807, 2.05) is 5.38 Å². The van der Waals surface area contributed by atoms with E-state index < -0.39 is 9.84 Å². The van der Waals surface area contributed by atoms with Crippen molar-refractivity contribution in [3.8, 4) is 0 Å². The third kappa shape index (κ3) is 3.88. The standard InChI is InChI=1S/C21H17NO4S3/c23-20-16-3-1-2-4-18(16)29(25,26)19-11-15(5-6-17(19)20)21(24)22-8-10-28-13-14-7-9-27-12-14/h1-7,9,11-12H,8,10,13H2,(H,22,24). The van der Waals surface area contributed by atoms with E-state index in [1.165, 1.54) is 35.9 Å². The molecule has 3 aromatic rings. The number of thioether (sulfide) groups is 1. The third-order valence-electron chi connectivity index (χ3n) is 4.58. The summed E-state index contributed by atoms with van der Waals surface area (Å²) in [5.74, 6) is 0.932. The van der Waals surface area contributed by atoms with Gasteiger partial charge in [0.25, 0.3) is 5.91 Å². The molecular formula is C21H17NO4S3. The van der Waals surface area contributed by atoms with Gasteiger partial charge in [-0.05, 0) is 52.7 Å². The van der Waals surface area contributed by atoms with Crippen LogP contribution in [0.15, 0.2) is 69.1 Å². The van der Waals surface area contributed by atoms with Crippen molar-refractivity contribution in [2.75, 3.05) is 12.3 Å². The first kappa shape index (κ1) is 19.9. The molecule has 1 aromatic heterocycles. The number of carbonyl (C=O) groups excluding carboxylic acids is 2. The minimum atomic E-state index is -3.85. The van der Waals surface area contributed by atoms with E-state index in [-0.39, 0.29) is 38.2 Å². The Morgan fingerprint density at radius 2 is 1.83 bits per heavy atom. The molecule has 0 unspecified atom stereocenters. The number of carbonyl (C=O) groups is 2. The molecule has 2 aromatic carbocycles. The maximum atomic E-state index is 12.9. The van der Waals surface area contributed by atoms with E-state index in [0.717, 1.165) is 11.5 Å². The highest BCUT2D eigenvalue weighted by atomic mass is 32.2. The number of fused-ring (bicyclic) bond motifs is 2. The van der Waals surface area contributed by atoms with Gasteiger partial charge in [0, 0.05) is 34.7 Å². The van der Waals surface area contributed by atoms with Crippen molar-refractivity contribution in [3.63, 3.8) is 0 Å². The molecule has 4 rings (SSSR count). The maximum absolute atomic E-state index is 12.9. The van der Waals surface area contributed by atoms with E-state index in [4.69, 9.17) is 0 Å². The van der Waals surface area contributed by atoms with Gasteiger partial charge in [0.05, 0.1) is 9.79 Å². The van der Waals surface area contributed by atoms with Crippen LogP contribution in [0, 0.1) is 0 Å². The summed E-state index contributed by atoms with van der Waals surface area (Å²) in [4.78, 5) is 25.0. The van der Waals surface area contributed by atoms with Gasteiger partial charge in [0.1, 0.15) is 0 Å². The largest absolute Gasteiger partial charge is 0.351 e. The maximum Gasteiger partial charge on any atom is 0.251 e. The fraction of sp³-hybridized carbons (Fsp3) is 0.143. The summed E-state index contributed by atoms with van der Waals surface area (Å²) in [6.45, 7) is 0.471. The quantitative estimate of drug-likeness (QED) is 0.459. The van der Waals surface area contributed by atoms with E-state index in [1.54, 1.807) is 35.2 Å². The van der Waals surface area contributed by atoms with Gasteiger partial charge in [-0.25, -0.2) is 8.42 Å². The minimum Gasteiger partial charge on any atom is -0.351 e. The molecule has 0 spiro atoms. The molecule has 0 aliphatic carbocycles. The Hall–Kier alpha value is -2.42. The van der Waals surface area contributed by atoms with E-state index in [2.05, 4.69) is 16.8 Å². The van der Waals surface area contributed by atoms with Gasteiger partial charge in [-0.3, -0.25) is 9.59 Å². The summed E-state index contributed by atoms with van der Waals surface area (Å²) in [5, 5.41) is 6.94. The highest BCUT2D eigenvalue weighted by Crippen LogP contribution is 2.34. The molecule has 29 heavy (non-hydrogen) atoms. The molecule has 148 valence electrons. The SMILES string of the molecule is O=C(NCCSCc1ccsc1)c1ccc2c(c1)S(=O)(=O)c1ccccc1C2=O. The lowest BCUT2D eigenvalue weighted by Gasteiger charge is -2.19. The van der Waals surface area contributed by atoms with Crippen LogP contribution in [0.25, 0.3) is 0 Å². The fourth-order valence-electron chi connectivity index (χ4n) is 3.13. The molecule has 1 aliphatic rings. The van der Waals surface area contributed by atoms with Crippen molar-refractivity contribution in [3.05, 3.63) is 81.5 Å². The fourth-order valence-corrected chi connectivity index (χ4v) is 6.39. The second kappa shape index (κ2) is 8.14. The van der Waals surface area contributed by atoms with Crippen LogP contribution in [0.3, 0.4) is 0 Å². The number of thiophene rings is 1. The van der Waals surface area contributed by atoms with Crippen molar-refractivity contribution >= 4 is 44.6 Å². The Bertz CT molecular complexity index is 1180. The molecule has 0 saturated heterocycles. The zero-order valence-corrected chi connectivity index (χ0v) is 17.7. The number of rotatable bonds is 6. The Kier molecular flexibility index (Phi) is 5.58. The number of hydrogen-bond donors (Lipinski definition) is 1. The third-order valence-corrected chi connectivity index (χ3v) is 8.19. The molecule has 0 saturated carbocycles. The van der Waals surface area contributed by atoms with Crippen molar-refractivity contribution in [2.24, 2.45) is 0 Å². The number of sulfone groups is 1. The van der Waals surface area contributed by atoms with Crippen LogP contribution in [0.4, 0.5) is 0 Å². The summed E-state index contributed by atoms with van der Waals surface area (Å²) in [6, 6.07) is 12.4. The van der Waals surface area contributed by atoms with Crippen molar-refractivity contribution in [1.82, 2.24) is 5.32 Å². The van der Waals surface area contributed by atoms with Gasteiger partial charge in [-0.1, -0.05) is 12.1 Å². The van der Waals surface area contributed by atoms with E-state index >= 15 is 0 Å². The number of amides is 1. The lowest BCUT2D eigenvalue weighted by Crippen LogP contribution is -2.27. The van der Waals surface area contributed by atoms with Gasteiger partial charge in [0.15, 0.2) is 5.78 Å². The molecule has 0 bridgehead atoms. The summed E-state index contributed by atoms with van der Waals surface area (Å²) in [7, 11) is -3.85. The summed E-state index contributed by atoms with van der Waals surface area (Å²) in [5.41, 5.74) is 1.75. The smallest absolute Gasteiger partial charge is 0.251 e. The Labute approximate surface area is 177 Å². The van der Waals surface area contributed by atoms with Crippen molar-refractivity contribution in [1.29, 1.82) is 0 Å². The predicted molar refractivity (Wildman–Crippen MR) is 115 cm³/mol. The highest BCUT2D eigenvalue weighted by Gasteiger charge is 2.34. The molecule has 2 heterocycles. The summed E-state index contributed by atoms with van der Waals surface area (Å²) < 4.78 is 25.9. The van der Waals surface area contributed by atoms with Crippen LogP contribution in [0.5, 0.6) is 0 Å². The topological polar surface area (TPSA) is 80.3 Å². The van der Waals surface area contributed by atoms with Gasteiger partial charge in [-0.2, -0.15) is 23.1 Å². The predicted octanol–water partition coefficient (Wildman–Crippen LogP) is 3.79. The average Bonchev–Trinajstić information content (AvgIpc) is 3.25. The van der Waals surface area contributed by atoms with Crippen LogP contribution in [0.1, 0.15) is 31.8 Å². The highest BCUT2D eigenvalue weighted by molar-refractivity contribution is 7.98. The molecule has 5 nitrogen and oxygen atoms in total. The zero-order valence-electron chi connectivity index (χ0n) is 15.3. The summed E-state index contributed by atoms with van der Waals surface area (Å²) in [6.07, 6.45) is 0. The molecular weight excluding hydrogens is 426 g/mol. The Morgan fingerprint density at radius 1 is 1.03 bits per heavy atom. The van der Waals surface area contributed by atoms with Crippen LogP contribution in [0.2, 0.25) is 0 Å². The van der Waals surface area contributed by atoms with Crippen LogP contribution in [-0.4, -0.2) is 32.4 Å². The number of benzene rings is 2. The molecule has 1 amide bonds. The molecule has 0 atom stereocenters. The normalized spacial score (nSPS) is 14.1. The molecule has 0 radical (unpaired) electrons. The first-order valence-corrected chi connectivity index (χ1v) is 12.5. The average molecular weight is 444 g/mol. The lowest BCUT2D eigenvalue weighted by molar-refractivity contribution is 0.0954. The van der Waals surface area contributed by atoms with Gasteiger partial charge in [0.2, 0.25) is 9.84 Å². The molecule has 8 heteroatoms. The molecule has 1 aliphatic heterocycles. The number of hydrogen-bond acceptors (Lipinski definition) is 6. The summed E-state index contributed by atoms with van der Waals surface area (Å²) >= 11 is 3.37. The van der Waals surface area contributed by atoms with Gasteiger partial charge in [-0.15, -0.1) is 0 Å². The molecule has 1 N–H and O–H groups in total. The van der Waals surface area contributed by atoms with E-state index in [9.17, 15) is 18.0 Å². The molecule has 0 fully saturated rings. The zero-order chi connectivity index (χ0) is 20.4. The van der Waals surface area contributed by atoms with Crippen LogP contribution < -0.4 is 5.32 Å². The monoisotopic (exact) mass is 443 g/mol. The first-order chi connectivity index (χ1) is 14.0. The Morgan fingerprint density at radius 3 is 2.62 bits per heavy atom. The Balaban J connectivity index is 1.47. The van der Waals surface area contributed by atoms with Crippen molar-refractivity contribution < 1.29 is 18.0 Å². The van der Waals surface area contributed by atoms with Gasteiger partial charge >= 0.3 is 0 Å². The van der Waals surface area contributed by atoms with E-state index in [0.29, 0.717) is 6.54 Å². The number of ketones is 1.